The van der Waals surface area contributed by atoms with Crippen molar-refractivity contribution in [2.75, 3.05) is 0 Å². The van der Waals surface area contributed by atoms with Crippen LogP contribution in [-0.2, 0) is 4.79 Å². The Morgan fingerprint density at radius 3 is 2.33 bits per heavy atom. The molecular formula is C11H20O. The van der Waals surface area contributed by atoms with E-state index < -0.39 is 0 Å². The lowest BCUT2D eigenvalue weighted by Gasteiger charge is -2.11. The second-order valence-corrected chi connectivity index (χ2v) is 4.04. The van der Waals surface area contributed by atoms with Crippen molar-refractivity contribution in [1.29, 1.82) is 0 Å². The number of rotatable bonds is 5. The highest BCUT2D eigenvalue weighted by Crippen LogP contribution is 2.15. The summed E-state index contributed by atoms with van der Waals surface area (Å²) in [6, 6.07) is 0. The smallest absolute Gasteiger partial charge is 0.145 e. The highest BCUT2D eigenvalue weighted by atomic mass is 16.1. The summed E-state index contributed by atoms with van der Waals surface area (Å²) in [6.07, 6.45) is 5.22. The average molecular weight is 168 g/mol. The van der Waals surface area contributed by atoms with Gasteiger partial charge in [0, 0.05) is 0 Å². The van der Waals surface area contributed by atoms with Crippen LogP contribution in [0.2, 0.25) is 0 Å². The summed E-state index contributed by atoms with van der Waals surface area (Å²) in [5, 5.41) is 0. The normalized spacial score (nSPS) is 14.9. The number of hydrogen-bond donors (Lipinski definition) is 0. The van der Waals surface area contributed by atoms with E-state index in [1.165, 1.54) is 6.42 Å². The molecule has 0 aliphatic heterocycles. The van der Waals surface area contributed by atoms with Gasteiger partial charge >= 0.3 is 0 Å². The molecule has 0 N–H and O–H groups in total. The Kier molecular flexibility index (Phi) is 5.69. The third kappa shape index (κ3) is 6.14. The lowest BCUT2D eigenvalue weighted by molar-refractivity contribution is -0.104. The number of hydrogen-bond acceptors (Lipinski definition) is 1. The van der Waals surface area contributed by atoms with Gasteiger partial charge in [-0.15, -0.1) is 0 Å². The number of aldehydes is 1. The van der Waals surface area contributed by atoms with Gasteiger partial charge in [-0.1, -0.05) is 26.8 Å². The van der Waals surface area contributed by atoms with E-state index in [0.717, 1.165) is 24.2 Å². The summed E-state index contributed by atoms with van der Waals surface area (Å²) < 4.78 is 0. The van der Waals surface area contributed by atoms with Crippen LogP contribution in [0.25, 0.3) is 0 Å². The standard InChI is InChI=1S/C11H20O/c1-9(2)7-10(3)5-6-11(4)8-12/h6,8-10H,5,7H2,1-4H3. The molecule has 0 aliphatic rings. The van der Waals surface area contributed by atoms with Crippen LogP contribution in [0, 0.1) is 11.8 Å². The Morgan fingerprint density at radius 2 is 1.92 bits per heavy atom. The second-order valence-electron chi connectivity index (χ2n) is 4.04. The molecule has 0 saturated carbocycles. The molecule has 1 atom stereocenters. The Balaban J connectivity index is 3.70. The third-order valence-electron chi connectivity index (χ3n) is 1.90. The molecule has 0 amide bonds. The quantitative estimate of drug-likeness (QED) is 0.455. The van der Waals surface area contributed by atoms with Crippen LogP contribution in [-0.4, -0.2) is 6.29 Å². The third-order valence-corrected chi connectivity index (χ3v) is 1.90. The van der Waals surface area contributed by atoms with E-state index in [2.05, 4.69) is 20.8 Å². The van der Waals surface area contributed by atoms with Gasteiger partial charge in [-0.3, -0.25) is 4.79 Å². The predicted molar refractivity (Wildman–Crippen MR) is 53.1 cm³/mol. The van der Waals surface area contributed by atoms with E-state index >= 15 is 0 Å². The van der Waals surface area contributed by atoms with Crippen molar-refractivity contribution in [3.8, 4) is 0 Å². The first kappa shape index (κ1) is 11.4. The molecule has 0 bridgehead atoms. The van der Waals surface area contributed by atoms with Crippen molar-refractivity contribution < 1.29 is 4.79 Å². The lowest BCUT2D eigenvalue weighted by atomic mass is 9.95. The maximum absolute atomic E-state index is 10.3. The maximum atomic E-state index is 10.3. The summed E-state index contributed by atoms with van der Waals surface area (Å²) >= 11 is 0. The van der Waals surface area contributed by atoms with Crippen LogP contribution >= 0.6 is 0 Å². The molecule has 0 heterocycles. The van der Waals surface area contributed by atoms with Gasteiger partial charge in [-0.2, -0.15) is 0 Å². The molecule has 1 heteroatoms. The van der Waals surface area contributed by atoms with Crippen LogP contribution in [0.4, 0.5) is 0 Å². The molecule has 0 fully saturated rings. The van der Waals surface area contributed by atoms with E-state index in [-0.39, 0.29) is 0 Å². The van der Waals surface area contributed by atoms with E-state index in [0.29, 0.717) is 5.92 Å². The summed E-state index contributed by atoms with van der Waals surface area (Å²) in [6.45, 7) is 8.54. The molecule has 0 radical (unpaired) electrons. The van der Waals surface area contributed by atoms with Crippen molar-refractivity contribution in [3.05, 3.63) is 11.6 Å². The van der Waals surface area contributed by atoms with Gasteiger partial charge in [0.05, 0.1) is 0 Å². The van der Waals surface area contributed by atoms with Gasteiger partial charge in [0.1, 0.15) is 6.29 Å². The van der Waals surface area contributed by atoms with Crippen molar-refractivity contribution in [2.24, 2.45) is 11.8 Å². The molecule has 0 spiro atoms. The minimum absolute atomic E-state index is 0.694. The zero-order chi connectivity index (χ0) is 9.56. The van der Waals surface area contributed by atoms with E-state index in [1.54, 1.807) is 0 Å². The fraction of sp³-hybridized carbons (Fsp3) is 0.727. The minimum Gasteiger partial charge on any atom is -0.298 e. The highest BCUT2D eigenvalue weighted by molar-refractivity contribution is 5.71. The van der Waals surface area contributed by atoms with Gasteiger partial charge < -0.3 is 0 Å². The molecule has 0 aromatic carbocycles. The molecule has 0 saturated heterocycles. The van der Waals surface area contributed by atoms with Crippen LogP contribution < -0.4 is 0 Å². The summed E-state index contributed by atoms with van der Waals surface area (Å²) in [7, 11) is 0. The van der Waals surface area contributed by atoms with Crippen molar-refractivity contribution in [2.45, 2.75) is 40.5 Å². The molecule has 12 heavy (non-hydrogen) atoms. The second kappa shape index (κ2) is 5.99. The summed E-state index contributed by atoms with van der Waals surface area (Å²) in [5.41, 5.74) is 0.852. The molecule has 70 valence electrons. The molecule has 0 aliphatic carbocycles. The number of carbonyl (C=O) groups excluding carboxylic acids is 1. The topological polar surface area (TPSA) is 17.1 Å². The van der Waals surface area contributed by atoms with Gasteiger partial charge in [0.15, 0.2) is 0 Å². The van der Waals surface area contributed by atoms with E-state index in [4.69, 9.17) is 0 Å². The Labute approximate surface area is 75.9 Å². The van der Waals surface area contributed by atoms with Gasteiger partial charge in [0.25, 0.3) is 0 Å². The molecule has 0 aromatic rings. The highest BCUT2D eigenvalue weighted by Gasteiger charge is 2.02. The molecule has 0 rings (SSSR count). The predicted octanol–water partition coefficient (Wildman–Crippen LogP) is 3.20. The fourth-order valence-electron chi connectivity index (χ4n) is 1.34. The zero-order valence-corrected chi connectivity index (χ0v) is 8.63. The monoisotopic (exact) mass is 168 g/mol. The maximum Gasteiger partial charge on any atom is 0.145 e. The minimum atomic E-state index is 0.694. The summed E-state index contributed by atoms with van der Waals surface area (Å²) in [5.74, 6) is 1.45. The number of carbonyl (C=O) groups is 1. The van der Waals surface area contributed by atoms with E-state index in [1.807, 2.05) is 13.0 Å². The van der Waals surface area contributed by atoms with Crippen LogP contribution in [0.1, 0.15) is 40.5 Å². The van der Waals surface area contributed by atoms with Gasteiger partial charge in [-0.25, -0.2) is 0 Å². The van der Waals surface area contributed by atoms with Crippen LogP contribution in [0.5, 0.6) is 0 Å². The SMILES string of the molecule is CC(C=O)=CCC(C)CC(C)C. The molecule has 0 aromatic heterocycles. The molecule has 1 nitrogen and oxygen atoms in total. The van der Waals surface area contributed by atoms with Crippen LogP contribution in [0.15, 0.2) is 11.6 Å². The van der Waals surface area contributed by atoms with Crippen molar-refractivity contribution >= 4 is 6.29 Å². The first-order chi connectivity index (χ1) is 5.56. The van der Waals surface area contributed by atoms with Crippen LogP contribution in [0.3, 0.4) is 0 Å². The Hall–Kier alpha value is -0.590. The largest absolute Gasteiger partial charge is 0.298 e. The molecule has 1 unspecified atom stereocenters. The fourth-order valence-corrected chi connectivity index (χ4v) is 1.34. The first-order valence-electron chi connectivity index (χ1n) is 4.68. The molecular weight excluding hydrogens is 148 g/mol. The summed E-state index contributed by atoms with van der Waals surface area (Å²) in [4.78, 5) is 10.3. The lowest BCUT2D eigenvalue weighted by Crippen LogP contribution is -1.98. The first-order valence-corrected chi connectivity index (χ1v) is 4.68. The zero-order valence-electron chi connectivity index (χ0n) is 8.63. The van der Waals surface area contributed by atoms with Gasteiger partial charge in [-0.05, 0) is 37.2 Å². The van der Waals surface area contributed by atoms with Gasteiger partial charge in [0.2, 0.25) is 0 Å². The number of allylic oxidation sites excluding steroid dienone is 2. The Morgan fingerprint density at radius 1 is 1.33 bits per heavy atom. The van der Waals surface area contributed by atoms with E-state index in [9.17, 15) is 4.79 Å². The van der Waals surface area contributed by atoms with Crippen molar-refractivity contribution in [1.82, 2.24) is 0 Å². The Bertz CT molecular complexity index is 156. The van der Waals surface area contributed by atoms with Crippen molar-refractivity contribution in [3.63, 3.8) is 0 Å². The average Bonchev–Trinajstić information content (AvgIpc) is 1.99.